The monoisotopic (exact) mass is 255 g/mol. The van der Waals surface area contributed by atoms with Crippen LogP contribution in [0.3, 0.4) is 0 Å². The molecule has 0 radical (unpaired) electrons. The van der Waals surface area contributed by atoms with Crippen molar-refractivity contribution in [3.63, 3.8) is 0 Å². The molecule has 3 unspecified atom stereocenters. The zero-order valence-electron chi connectivity index (χ0n) is 12.0. The third-order valence-electron chi connectivity index (χ3n) is 4.58. The summed E-state index contributed by atoms with van der Waals surface area (Å²) in [5.41, 5.74) is 6.00. The van der Waals surface area contributed by atoms with Crippen molar-refractivity contribution in [1.82, 2.24) is 9.80 Å². The van der Waals surface area contributed by atoms with Gasteiger partial charge in [-0.25, -0.2) is 0 Å². The lowest BCUT2D eigenvalue weighted by Gasteiger charge is -2.37. The van der Waals surface area contributed by atoms with Gasteiger partial charge in [0.25, 0.3) is 0 Å². The van der Waals surface area contributed by atoms with Gasteiger partial charge >= 0.3 is 0 Å². The maximum Gasteiger partial charge on any atom is 0.0509 e. The lowest BCUT2D eigenvalue weighted by atomic mass is 9.92. The minimum atomic E-state index is 0.496. The normalized spacial score (nSPS) is 32.0. The van der Waals surface area contributed by atoms with Crippen molar-refractivity contribution < 1.29 is 4.74 Å². The first kappa shape index (κ1) is 14.3. The second-order valence-electron chi connectivity index (χ2n) is 6.14. The Kier molecular flexibility index (Phi) is 5.42. The van der Waals surface area contributed by atoms with Crippen LogP contribution in [0.25, 0.3) is 0 Å². The van der Waals surface area contributed by atoms with Gasteiger partial charge in [0, 0.05) is 32.3 Å². The van der Waals surface area contributed by atoms with Crippen LogP contribution in [0.2, 0.25) is 0 Å². The third kappa shape index (κ3) is 3.67. The van der Waals surface area contributed by atoms with Gasteiger partial charge in [-0.15, -0.1) is 0 Å². The Labute approximate surface area is 111 Å². The van der Waals surface area contributed by atoms with E-state index in [4.69, 9.17) is 10.5 Å². The molecule has 0 bridgehead atoms. The summed E-state index contributed by atoms with van der Waals surface area (Å²) in [6.07, 6.45) is 3.80. The largest absolute Gasteiger partial charge is 0.381 e. The number of nitrogens with zero attached hydrogens (tertiary/aromatic N) is 2. The van der Waals surface area contributed by atoms with E-state index in [0.717, 1.165) is 25.7 Å². The molecule has 4 heteroatoms. The van der Waals surface area contributed by atoms with Crippen LogP contribution in [0, 0.1) is 11.8 Å². The predicted molar refractivity (Wildman–Crippen MR) is 74.6 cm³/mol. The van der Waals surface area contributed by atoms with Crippen LogP contribution >= 0.6 is 0 Å². The molecule has 106 valence electrons. The molecule has 2 N–H and O–H groups in total. The zero-order chi connectivity index (χ0) is 13.0. The molecule has 0 saturated carbocycles. The molecule has 4 nitrogen and oxygen atoms in total. The van der Waals surface area contributed by atoms with Gasteiger partial charge in [0.1, 0.15) is 0 Å². The lowest BCUT2D eigenvalue weighted by molar-refractivity contribution is 0.0145. The number of rotatable bonds is 5. The minimum absolute atomic E-state index is 0.496. The first-order valence-electron chi connectivity index (χ1n) is 7.37. The van der Waals surface area contributed by atoms with E-state index in [1.807, 2.05) is 0 Å². The van der Waals surface area contributed by atoms with Crippen LogP contribution in [0.15, 0.2) is 0 Å². The van der Waals surface area contributed by atoms with E-state index < -0.39 is 0 Å². The van der Waals surface area contributed by atoms with E-state index in [1.165, 1.54) is 38.9 Å². The van der Waals surface area contributed by atoms with Gasteiger partial charge in [0.15, 0.2) is 0 Å². The summed E-state index contributed by atoms with van der Waals surface area (Å²) in [6, 6.07) is 0.496. The van der Waals surface area contributed by atoms with Gasteiger partial charge in [-0.05, 0) is 51.7 Å². The molecule has 2 rings (SSSR count). The summed E-state index contributed by atoms with van der Waals surface area (Å²) in [6.45, 7) is 6.26. The summed E-state index contributed by atoms with van der Waals surface area (Å²) in [7, 11) is 4.46. The fraction of sp³-hybridized carbons (Fsp3) is 1.00. The maximum absolute atomic E-state index is 6.00. The molecule has 0 amide bonds. The van der Waals surface area contributed by atoms with Gasteiger partial charge in [-0.3, -0.25) is 0 Å². The van der Waals surface area contributed by atoms with Crippen LogP contribution in [0.4, 0.5) is 0 Å². The molecular formula is C14H29N3O. The lowest BCUT2D eigenvalue weighted by Crippen LogP contribution is -2.47. The molecule has 2 aliphatic rings. The van der Waals surface area contributed by atoms with Crippen molar-refractivity contribution in [2.24, 2.45) is 17.6 Å². The Morgan fingerprint density at radius 2 is 2.28 bits per heavy atom. The minimum Gasteiger partial charge on any atom is -0.381 e. The molecule has 18 heavy (non-hydrogen) atoms. The molecule has 2 heterocycles. The second kappa shape index (κ2) is 6.85. The van der Waals surface area contributed by atoms with Crippen LogP contribution in [0.5, 0.6) is 0 Å². The Morgan fingerprint density at radius 1 is 1.44 bits per heavy atom. The highest BCUT2D eigenvalue weighted by atomic mass is 16.5. The Balaban J connectivity index is 1.82. The zero-order valence-corrected chi connectivity index (χ0v) is 12.0. The second-order valence-corrected chi connectivity index (χ2v) is 6.14. The van der Waals surface area contributed by atoms with Crippen LogP contribution in [0.1, 0.15) is 19.3 Å². The summed E-state index contributed by atoms with van der Waals surface area (Å²) in [5, 5.41) is 0. The van der Waals surface area contributed by atoms with Crippen LogP contribution < -0.4 is 5.73 Å². The first-order chi connectivity index (χ1) is 8.70. The molecular weight excluding hydrogens is 226 g/mol. The molecule has 0 aliphatic carbocycles. The van der Waals surface area contributed by atoms with Gasteiger partial charge in [0.05, 0.1) is 6.61 Å². The van der Waals surface area contributed by atoms with E-state index in [9.17, 15) is 0 Å². The number of likely N-dealkylation sites (N-methyl/N-ethyl adjacent to an activating group) is 1. The van der Waals surface area contributed by atoms with Gasteiger partial charge in [-0.1, -0.05) is 0 Å². The molecule has 2 saturated heterocycles. The smallest absolute Gasteiger partial charge is 0.0509 e. The summed E-state index contributed by atoms with van der Waals surface area (Å²) < 4.78 is 5.61. The van der Waals surface area contributed by atoms with E-state index >= 15 is 0 Å². The Bertz CT molecular complexity index is 243. The van der Waals surface area contributed by atoms with Crippen molar-refractivity contribution in [2.75, 3.05) is 53.5 Å². The number of ether oxygens (including phenoxy) is 1. The Morgan fingerprint density at radius 3 is 2.83 bits per heavy atom. The predicted octanol–water partition coefficient (Wildman–Crippen LogP) is 0.624. The van der Waals surface area contributed by atoms with E-state index in [-0.39, 0.29) is 0 Å². The number of likely N-dealkylation sites (tertiary alicyclic amines) is 1. The van der Waals surface area contributed by atoms with Gasteiger partial charge in [0.2, 0.25) is 0 Å². The highest BCUT2D eigenvalue weighted by molar-refractivity contribution is 4.83. The summed E-state index contributed by atoms with van der Waals surface area (Å²) >= 11 is 0. The number of hydrogen-bond donors (Lipinski definition) is 1. The molecule has 3 atom stereocenters. The van der Waals surface area contributed by atoms with E-state index in [0.29, 0.717) is 12.0 Å². The van der Waals surface area contributed by atoms with Crippen molar-refractivity contribution in [3.8, 4) is 0 Å². The average molecular weight is 255 g/mol. The summed E-state index contributed by atoms with van der Waals surface area (Å²) in [4.78, 5) is 4.92. The highest BCUT2D eigenvalue weighted by Gasteiger charge is 2.29. The van der Waals surface area contributed by atoms with Crippen molar-refractivity contribution in [3.05, 3.63) is 0 Å². The number of nitrogens with two attached hydrogens (primary N) is 1. The fourth-order valence-electron chi connectivity index (χ4n) is 3.52. The van der Waals surface area contributed by atoms with E-state index in [1.54, 1.807) is 0 Å². The summed E-state index contributed by atoms with van der Waals surface area (Å²) in [5.74, 6) is 1.45. The quantitative estimate of drug-likeness (QED) is 0.782. The van der Waals surface area contributed by atoms with E-state index in [2.05, 4.69) is 23.9 Å². The topological polar surface area (TPSA) is 41.7 Å². The molecule has 2 fully saturated rings. The first-order valence-corrected chi connectivity index (χ1v) is 7.37. The fourth-order valence-corrected chi connectivity index (χ4v) is 3.52. The molecule has 0 aromatic heterocycles. The SMILES string of the molecule is CN1CCC(CN(C)C(CN)C2CCCOC2)C1. The van der Waals surface area contributed by atoms with Crippen molar-refractivity contribution >= 4 is 0 Å². The number of hydrogen-bond acceptors (Lipinski definition) is 4. The van der Waals surface area contributed by atoms with Crippen LogP contribution in [-0.2, 0) is 4.74 Å². The van der Waals surface area contributed by atoms with Crippen molar-refractivity contribution in [1.29, 1.82) is 0 Å². The molecule has 2 aliphatic heterocycles. The maximum atomic E-state index is 6.00. The Hall–Kier alpha value is -0.160. The molecule has 0 aromatic carbocycles. The standard InChI is InChI=1S/C14H29N3O/c1-16-6-5-12(9-16)10-17(2)14(8-15)13-4-3-7-18-11-13/h12-14H,3-11,15H2,1-2H3. The van der Waals surface area contributed by atoms with Crippen molar-refractivity contribution in [2.45, 2.75) is 25.3 Å². The van der Waals surface area contributed by atoms with Crippen LogP contribution in [-0.4, -0.2) is 69.3 Å². The average Bonchev–Trinajstić information content (AvgIpc) is 2.77. The molecule has 0 aromatic rings. The van der Waals surface area contributed by atoms with Gasteiger partial charge < -0.3 is 20.3 Å². The van der Waals surface area contributed by atoms with Gasteiger partial charge in [-0.2, -0.15) is 0 Å². The highest BCUT2D eigenvalue weighted by Crippen LogP contribution is 2.23. The molecule has 0 spiro atoms. The third-order valence-corrected chi connectivity index (χ3v) is 4.58.